The Morgan fingerprint density at radius 1 is 1.28 bits per heavy atom. The van der Waals surface area contributed by atoms with Crippen molar-refractivity contribution in [2.45, 2.75) is 6.54 Å². The number of aromatic nitrogens is 1. The molecule has 1 aromatic carbocycles. The number of amides is 1. The Kier molecular flexibility index (Phi) is 6.38. The van der Waals surface area contributed by atoms with Gasteiger partial charge < -0.3 is 14.6 Å². The lowest BCUT2D eigenvalue weighted by atomic mass is 10.3. The number of anilines is 1. The van der Waals surface area contributed by atoms with E-state index in [0.717, 1.165) is 6.26 Å². The molecular weight excluding hydrogens is 412 g/mol. The molecule has 0 spiro atoms. The van der Waals surface area contributed by atoms with Crippen molar-refractivity contribution >= 4 is 37.4 Å². The zero-order chi connectivity index (χ0) is 18.4. The number of pyridine rings is 1. The fraction of sp³-hybridized carbons (Fsp3) is 0.250. The van der Waals surface area contributed by atoms with Crippen LogP contribution >= 0.6 is 15.9 Å². The van der Waals surface area contributed by atoms with Gasteiger partial charge in [-0.25, -0.2) is 8.42 Å². The molecule has 0 aliphatic rings. The molecule has 1 amide bonds. The van der Waals surface area contributed by atoms with Crippen LogP contribution in [0.5, 0.6) is 5.75 Å². The molecule has 1 aromatic heterocycles. The van der Waals surface area contributed by atoms with Gasteiger partial charge in [-0.1, -0.05) is 6.07 Å². The van der Waals surface area contributed by atoms with E-state index in [-0.39, 0.29) is 30.4 Å². The Hall–Kier alpha value is -2.13. The van der Waals surface area contributed by atoms with Crippen LogP contribution < -0.4 is 15.6 Å². The van der Waals surface area contributed by atoms with Gasteiger partial charge in [0.2, 0.25) is 5.91 Å². The van der Waals surface area contributed by atoms with Gasteiger partial charge in [0.25, 0.3) is 5.56 Å². The SMILES string of the molecule is CS(=O)(=O)CCOc1cccc(NC(=O)Cn2cc(Br)ccc2=O)c1. The largest absolute Gasteiger partial charge is 0.492 e. The van der Waals surface area contributed by atoms with E-state index in [0.29, 0.717) is 15.9 Å². The summed E-state index contributed by atoms with van der Waals surface area (Å²) in [7, 11) is -3.10. The van der Waals surface area contributed by atoms with Crippen LogP contribution in [0.1, 0.15) is 0 Å². The summed E-state index contributed by atoms with van der Waals surface area (Å²) in [5, 5.41) is 2.67. The summed E-state index contributed by atoms with van der Waals surface area (Å²) in [5.41, 5.74) is 0.209. The Bertz CT molecular complexity index is 924. The summed E-state index contributed by atoms with van der Waals surface area (Å²) in [5.74, 6) is -0.00961. The maximum atomic E-state index is 12.1. The molecular formula is C16H17BrN2O5S. The number of carbonyl (C=O) groups excluding carboxylic acids is 1. The smallest absolute Gasteiger partial charge is 0.251 e. The van der Waals surface area contributed by atoms with Crippen LogP contribution in [0.25, 0.3) is 0 Å². The first-order chi connectivity index (χ1) is 11.7. The normalized spacial score (nSPS) is 11.1. The first kappa shape index (κ1) is 19.2. The number of rotatable bonds is 7. The van der Waals surface area contributed by atoms with E-state index in [1.54, 1.807) is 30.3 Å². The van der Waals surface area contributed by atoms with Gasteiger partial charge in [-0.15, -0.1) is 0 Å². The van der Waals surface area contributed by atoms with Gasteiger partial charge in [0, 0.05) is 34.7 Å². The molecule has 25 heavy (non-hydrogen) atoms. The molecule has 9 heteroatoms. The maximum Gasteiger partial charge on any atom is 0.251 e. The first-order valence-corrected chi connectivity index (χ1v) is 10.1. The third-order valence-corrected chi connectivity index (χ3v) is 4.48. The lowest BCUT2D eigenvalue weighted by molar-refractivity contribution is -0.116. The van der Waals surface area contributed by atoms with Crippen LogP contribution in [-0.2, 0) is 21.2 Å². The molecule has 0 saturated heterocycles. The molecule has 0 bridgehead atoms. The zero-order valence-electron chi connectivity index (χ0n) is 13.4. The molecule has 0 unspecified atom stereocenters. The predicted octanol–water partition coefficient (Wildman–Crippen LogP) is 1.67. The molecule has 2 aromatic rings. The van der Waals surface area contributed by atoms with Crippen LogP contribution in [0.15, 0.2) is 51.9 Å². The van der Waals surface area contributed by atoms with E-state index in [1.165, 1.54) is 16.8 Å². The number of carbonyl (C=O) groups is 1. The Balaban J connectivity index is 1.98. The molecule has 0 aliphatic carbocycles. The van der Waals surface area contributed by atoms with Gasteiger partial charge in [0.05, 0.1) is 5.75 Å². The van der Waals surface area contributed by atoms with E-state index >= 15 is 0 Å². The van der Waals surface area contributed by atoms with E-state index in [4.69, 9.17) is 4.74 Å². The third kappa shape index (κ3) is 6.71. The Morgan fingerprint density at radius 2 is 2.04 bits per heavy atom. The summed E-state index contributed by atoms with van der Waals surface area (Å²) in [6, 6.07) is 9.57. The molecule has 134 valence electrons. The monoisotopic (exact) mass is 428 g/mol. The second-order valence-electron chi connectivity index (χ2n) is 5.37. The molecule has 2 rings (SSSR count). The first-order valence-electron chi connectivity index (χ1n) is 7.29. The molecule has 0 fully saturated rings. The minimum Gasteiger partial charge on any atom is -0.492 e. The molecule has 0 radical (unpaired) electrons. The van der Waals surface area contributed by atoms with Gasteiger partial charge in [0.15, 0.2) is 9.84 Å². The second kappa shape index (κ2) is 8.30. The quantitative estimate of drug-likeness (QED) is 0.723. The third-order valence-electron chi connectivity index (χ3n) is 3.10. The van der Waals surface area contributed by atoms with Crippen LogP contribution in [0.3, 0.4) is 0 Å². The number of ether oxygens (including phenoxy) is 1. The number of hydrogen-bond donors (Lipinski definition) is 1. The molecule has 0 aliphatic heterocycles. The summed E-state index contributed by atoms with van der Waals surface area (Å²) in [4.78, 5) is 23.8. The zero-order valence-corrected chi connectivity index (χ0v) is 15.8. The van der Waals surface area contributed by atoms with Gasteiger partial charge >= 0.3 is 0 Å². The van der Waals surface area contributed by atoms with Crippen molar-refractivity contribution in [1.82, 2.24) is 4.57 Å². The molecule has 1 N–H and O–H groups in total. The molecule has 7 nitrogen and oxygen atoms in total. The standard InChI is InChI=1S/C16H17BrN2O5S/c1-25(22,23)8-7-24-14-4-2-3-13(9-14)18-15(20)11-19-10-12(17)5-6-16(19)21/h2-6,9-10H,7-8,11H2,1H3,(H,18,20). The number of benzene rings is 1. The van der Waals surface area contributed by atoms with Crippen LogP contribution in [0, 0.1) is 0 Å². The van der Waals surface area contributed by atoms with Crippen LogP contribution in [0.4, 0.5) is 5.69 Å². The number of halogens is 1. The highest BCUT2D eigenvalue weighted by Crippen LogP contribution is 2.17. The fourth-order valence-electron chi connectivity index (χ4n) is 1.96. The van der Waals surface area contributed by atoms with Gasteiger partial charge in [-0.2, -0.15) is 0 Å². The average Bonchev–Trinajstić information content (AvgIpc) is 2.50. The summed E-state index contributed by atoms with van der Waals surface area (Å²) in [6.45, 7) is -0.0961. The van der Waals surface area contributed by atoms with E-state index in [9.17, 15) is 18.0 Å². The minimum absolute atomic E-state index is 0.0314. The molecule has 1 heterocycles. The number of nitrogens with one attached hydrogen (secondary N) is 1. The highest BCUT2D eigenvalue weighted by atomic mass is 79.9. The average molecular weight is 429 g/mol. The van der Waals surface area contributed by atoms with Gasteiger partial charge in [-0.05, 0) is 34.1 Å². The lowest BCUT2D eigenvalue weighted by Crippen LogP contribution is -2.26. The molecule has 0 atom stereocenters. The van der Waals surface area contributed by atoms with E-state index in [2.05, 4.69) is 21.2 Å². The van der Waals surface area contributed by atoms with Gasteiger partial charge in [-0.3, -0.25) is 9.59 Å². The van der Waals surface area contributed by atoms with Crippen molar-refractivity contribution in [3.05, 3.63) is 57.4 Å². The minimum atomic E-state index is -3.10. The van der Waals surface area contributed by atoms with Crippen molar-refractivity contribution in [2.24, 2.45) is 0 Å². The Labute approximate surface area is 153 Å². The number of sulfone groups is 1. The van der Waals surface area contributed by atoms with Crippen molar-refractivity contribution < 1.29 is 17.9 Å². The number of hydrogen-bond acceptors (Lipinski definition) is 5. The van der Waals surface area contributed by atoms with E-state index < -0.39 is 9.84 Å². The highest BCUT2D eigenvalue weighted by molar-refractivity contribution is 9.10. The van der Waals surface area contributed by atoms with Crippen LogP contribution in [-0.4, -0.2) is 37.5 Å². The van der Waals surface area contributed by atoms with Crippen molar-refractivity contribution in [2.75, 3.05) is 23.9 Å². The number of nitrogens with zero attached hydrogens (tertiary/aromatic N) is 1. The van der Waals surface area contributed by atoms with Crippen molar-refractivity contribution in [1.29, 1.82) is 0 Å². The topological polar surface area (TPSA) is 94.5 Å². The summed E-state index contributed by atoms with van der Waals surface area (Å²) in [6.07, 6.45) is 2.67. The van der Waals surface area contributed by atoms with Crippen molar-refractivity contribution in [3.63, 3.8) is 0 Å². The van der Waals surface area contributed by atoms with E-state index in [1.807, 2.05) is 0 Å². The summed E-state index contributed by atoms with van der Waals surface area (Å²) < 4.78 is 29.5. The predicted molar refractivity (Wildman–Crippen MR) is 98.7 cm³/mol. The summed E-state index contributed by atoms with van der Waals surface area (Å²) >= 11 is 3.25. The Morgan fingerprint density at radius 3 is 2.76 bits per heavy atom. The lowest BCUT2D eigenvalue weighted by Gasteiger charge is -2.10. The highest BCUT2D eigenvalue weighted by Gasteiger charge is 2.07. The molecule has 0 saturated carbocycles. The van der Waals surface area contributed by atoms with Gasteiger partial charge in [0.1, 0.15) is 18.9 Å². The van der Waals surface area contributed by atoms with Crippen molar-refractivity contribution in [3.8, 4) is 5.75 Å². The fourth-order valence-corrected chi connectivity index (χ4v) is 2.72. The maximum absolute atomic E-state index is 12.1. The second-order valence-corrected chi connectivity index (χ2v) is 8.54. The van der Waals surface area contributed by atoms with Crippen LogP contribution in [0.2, 0.25) is 0 Å².